The van der Waals surface area contributed by atoms with Crippen LogP contribution in [0.2, 0.25) is 0 Å². The Morgan fingerprint density at radius 3 is 2.72 bits per heavy atom. The Morgan fingerprint density at radius 2 is 2.03 bits per heavy atom. The van der Waals surface area contributed by atoms with Gasteiger partial charge in [-0.2, -0.15) is 9.49 Å². The van der Waals surface area contributed by atoms with Crippen LogP contribution in [0.1, 0.15) is 22.8 Å². The number of halogens is 2. The lowest BCUT2D eigenvalue weighted by Crippen LogP contribution is -2.12. The molecule has 3 rings (SSSR count). The van der Waals surface area contributed by atoms with Gasteiger partial charge < -0.3 is 14.6 Å². The topological polar surface area (TPSA) is 73.6 Å². The molecule has 8 heteroatoms. The van der Waals surface area contributed by atoms with Gasteiger partial charge in [0, 0.05) is 10.0 Å². The lowest BCUT2D eigenvalue weighted by molar-refractivity contribution is 0.0697. The second-order valence-electron chi connectivity index (χ2n) is 6.27. The van der Waals surface area contributed by atoms with Gasteiger partial charge in [0.2, 0.25) is 11.7 Å². The highest BCUT2D eigenvalue weighted by molar-refractivity contribution is 9.10. The first-order valence-electron chi connectivity index (χ1n) is 9.02. The van der Waals surface area contributed by atoms with Gasteiger partial charge in [0.15, 0.2) is 0 Å². The van der Waals surface area contributed by atoms with E-state index in [1.807, 2.05) is 25.1 Å². The quantitative estimate of drug-likeness (QED) is 0.513. The predicted octanol–water partition coefficient (Wildman–Crippen LogP) is 4.94. The number of benzene rings is 2. The number of nitrogens with zero attached hydrogens (tertiary/aromatic N) is 2. The van der Waals surface area contributed by atoms with Crippen LogP contribution in [0.15, 0.2) is 46.9 Å². The van der Waals surface area contributed by atoms with Crippen LogP contribution in [0.25, 0.3) is 11.3 Å². The predicted molar refractivity (Wildman–Crippen MR) is 110 cm³/mol. The first kappa shape index (κ1) is 20.9. The van der Waals surface area contributed by atoms with Crippen molar-refractivity contribution in [2.24, 2.45) is 0 Å². The summed E-state index contributed by atoms with van der Waals surface area (Å²) in [5, 5.41) is 13.5. The third-order valence-corrected chi connectivity index (χ3v) is 4.71. The molecule has 0 bridgehead atoms. The standard InChI is InChI=1S/C21H20BrFN2O4/c1-3-28-20-18(23)19(14-5-4-6-15(12-14)21(26)27)24-25(20)9-10-29-17-8-7-16(22)11-13(17)2/h4-8,11-12H,3,9-10H2,1-2H3,(H,26,27). The monoisotopic (exact) mass is 462 g/mol. The third kappa shape index (κ3) is 4.76. The van der Waals surface area contributed by atoms with Gasteiger partial charge in [0.05, 0.1) is 18.7 Å². The molecular formula is C21H20BrFN2O4. The SMILES string of the molecule is CCOc1c(F)c(-c2cccc(C(=O)O)c2)nn1CCOc1ccc(Br)cc1C. The molecule has 0 atom stereocenters. The molecule has 0 saturated heterocycles. The Hall–Kier alpha value is -2.87. The van der Waals surface area contributed by atoms with E-state index in [-0.39, 0.29) is 36.9 Å². The molecule has 0 aliphatic rings. The Labute approximate surface area is 176 Å². The first-order valence-corrected chi connectivity index (χ1v) is 9.81. The van der Waals surface area contributed by atoms with Crippen molar-refractivity contribution in [3.8, 4) is 22.9 Å². The molecule has 0 amide bonds. The van der Waals surface area contributed by atoms with Crippen LogP contribution in [0.4, 0.5) is 4.39 Å². The average Bonchev–Trinajstić information content (AvgIpc) is 3.00. The molecule has 1 N–H and O–H groups in total. The molecule has 3 aromatic rings. The number of rotatable bonds is 8. The van der Waals surface area contributed by atoms with E-state index in [4.69, 9.17) is 14.6 Å². The maximum atomic E-state index is 15.0. The minimum atomic E-state index is -1.09. The molecule has 6 nitrogen and oxygen atoms in total. The summed E-state index contributed by atoms with van der Waals surface area (Å²) in [5.41, 5.74) is 1.44. The van der Waals surface area contributed by atoms with Gasteiger partial charge in [-0.1, -0.05) is 28.1 Å². The zero-order valence-corrected chi connectivity index (χ0v) is 17.6. The molecule has 0 spiro atoms. The molecule has 0 aliphatic carbocycles. The first-order chi connectivity index (χ1) is 13.9. The molecule has 0 fully saturated rings. The smallest absolute Gasteiger partial charge is 0.335 e. The van der Waals surface area contributed by atoms with Gasteiger partial charge in [-0.05, 0) is 49.7 Å². The molecule has 1 heterocycles. The molecule has 0 saturated carbocycles. The summed E-state index contributed by atoms with van der Waals surface area (Å²) in [7, 11) is 0. The van der Waals surface area contributed by atoms with Crippen molar-refractivity contribution in [3.63, 3.8) is 0 Å². The fourth-order valence-electron chi connectivity index (χ4n) is 2.85. The number of hydrogen-bond donors (Lipinski definition) is 1. The summed E-state index contributed by atoms with van der Waals surface area (Å²) in [5.74, 6) is -0.989. The van der Waals surface area contributed by atoms with Gasteiger partial charge in [-0.15, -0.1) is 0 Å². The zero-order valence-electron chi connectivity index (χ0n) is 16.0. The highest BCUT2D eigenvalue weighted by atomic mass is 79.9. The van der Waals surface area contributed by atoms with E-state index < -0.39 is 11.8 Å². The second-order valence-corrected chi connectivity index (χ2v) is 7.18. The summed E-state index contributed by atoms with van der Waals surface area (Å²) in [6.45, 7) is 4.48. The van der Waals surface area contributed by atoms with E-state index in [0.29, 0.717) is 5.56 Å². The van der Waals surface area contributed by atoms with Gasteiger partial charge >= 0.3 is 5.97 Å². The number of carboxylic acid groups (broad SMARTS) is 1. The molecule has 0 unspecified atom stereocenters. The minimum Gasteiger partial charge on any atom is -0.491 e. The van der Waals surface area contributed by atoms with Crippen molar-refractivity contribution < 1.29 is 23.8 Å². The number of carboxylic acids is 1. The highest BCUT2D eigenvalue weighted by Gasteiger charge is 2.21. The van der Waals surface area contributed by atoms with Crippen LogP contribution in [-0.2, 0) is 6.54 Å². The molecule has 29 heavy (non-hydrogen) atoms. The molecule has 2 aromatic carbocycles. The number of hydrogen-bond acceptors (Lipinski definition) is 4. The van der Waals surface area contributed by atoms with E-state index in [1.165, 1.54) is 16.8 Å². The largest absolute Gasteiger partial charge is 0.491 e. The molecular weight excluding hydrogens is 443 g/mol. The fourth-order valence-corrected chi connectivity index (χ4v) is 3.33. The zero-order chi connectivity index (χ0) is 21.0. The Bertz CT molecular complexity index is 1040. The van der Waals surface area contributed by atoms with E-state index in [2.05, 4.69) is 21.0 Å². The van der Waals surface area contributed by atoms with E-state index >= 15 is 0 Å². The minimum absolute atomic E-state index is 0.000596. The molecule has 152 valence electrons. The summed E-state index contributed by atoms with van der Waals surface area (Å²) in [6, 6.07) is 11.7. The van der Waals surface area contributed by atoms with E-state index in [9.17, 15) is 9.18 Å². The third-order valence-electron chi connectivity index (χ3n) is 4.21. The van der Waals surface area contributed by atoms with Crippen molar-refractivity contribution >= 4 is 21.9 Å². The van der Waals surface area contributed by atoms with Crippen LogP contribution < -0.4 is 9.47 Å². The number of ether oxygens (including phenoxy) is 2. The number of aromatic carboxylic acids is 1. The summed E-state index contributed by atoms with van der Waals surface area (Å²) in [6.07, 6.45) is 0. The van der Waals surface area contributed by atoms with Crippen molar-refractivity contribution in [1.82, 2.24) is 9.78 Å². The van der Waals surface area contributed by atoms with Crippen LogP contribution in [0.5, 0.6) is 11.6 Å². The number of aryl methyl sites for hydroxylation is 1. The summed E-state index contributed by atoms with van der Waals surface area (Å²) >= 11 is 3.41. The Balaban J connectivity index is 1.84. The number of aromatic nitrogens is 2. The summed E-state index contributed by atoms with van der Waals surface area (Å²) in [4.78, 5) is 11.2. The van der Waals surface area contributed by atoms with Gasteiger partial charge in [-0.3, -0.25) is 0 Å². The van der Waals surface area contributed by atoms with Gasteiger partial charge in [0.1, 0.15) is 18.1 Å². The summed E-state index contributed by atoms with van der Waals surface area (Å²) < 4.78 is 28.5. The van der Waals surface area contributed by atoms with Crippen molar-refractivity contribution in [2.45, 2.75) is 20.4 Å². The lowest BCUT2D eigenvalue weighted by atomic mass is 10.1. The molecule has 0 aliphatic heterocycles. The van der Waals surface area contributed by atoms with Crippen molar-refractivity contribution in [1.29, 1.82) is 0 Å². The normalized spacial score (nSPS) is 10.8. The van der Waals surface area contributed by atoms with Crippen LogP contribution in [0.3, 0.4) is 0 Å². The van der Waals surface area contributed by atoms with Gasteiger partial charge in [0.25, 0.3) is 0 Å². The lowest BCUT2D eigenvalue weighted by Gasteiger charge is -2.11. The van der Waals surface area contributed by atoms with Crippen LogP contribution in [0, 0.1) is 12.7 Å². The van der Waals surface area contributed by atoms with Crippen LogP contribution in [-0.4, -0.2) is 34.1 Å². The molecule has 0 radical (unpaired) electrons. The van der Waals surface area contributed by atoms with Crippen molar-refractivity contribution in [2.75, 3.05) is 13.2 Å². The van der Waals surface area contributed by atoms with E-state index in [0.717, 1.165) is 15.8 Å². The Kier molecular flexibility index (Phi) is 6.53. The van der Waals surface area contributed by atoms with E-state index in [1.54, 1.807) is 19.1 Å². The highest BCUT2D eigenvalue weighted by Crippen LogP contribution is 2.30. The number of carbonyl (C=O) groups is 1. The second kappa shape index (κ2) is 9.09. The maximum absolute atomic E-state index is 15.0. The fraction of sp³-hybridized carbons (Fsp3) is 0.238. The van der Waals surface area contributed by atoms with Crippen molar-refractivity contribution in [3.05, 3.63) is 63.9 Å². The maximum Gasteiger partial charge on any atom is 0.335 e. The van der Waals surface area contributed by atoms with Crippen LogP contribution >= 0.6 is 15.9 Å². The van der Waals surface area contributed by atoms with Gasteiger partial charge in [-0.25, -0.2) is 9.48 Å². The Morgan fingerprint density at radius 1 is 1.24 bits per heavy atom. The molecule has 1 aromatic heterocycles. The average molecular weight is 463 g/mol.